The zero-order valence-electron chi connectivity index (χ0n) is 9.31. The molecule has 0 aliphatic rings. The molecule has 0 aliphatic carbocycles. The Morgan fingerprint density at radius 2 is 2.25 bits per heavy atom. The Balaban J connectivity index is 2.14. The zero-order chi connectivity index (χ0) is 11.5. The molecule has 1 N–H and O–H groups in total. The number of anilines is 1. The van der Waals surface area contributed by atoms with Crippen LogP contribution < -0.4 is 5.32 Å². The molecular formula is C12H14BrN3. The molecule has 4 heteroatoms. The van der Waals surface area contributed by atoms with Gasteiger partial charge in [-0.3, -0.25) is 0 Å². The molecule has 0 spiro atoms. The lowest BCUT2D eigenvalue weighted by molar-refractivity contribution is 0.721. The van der Waals surface area contributed by atoms with Gasteiger partial charge in [-0.2, -0.15) is 0 Å². The first kappa shape index (κ1) is 11.2. The number of rotatable bonds is 3. The highest BCUT2D eigenvalue weighted by Crippen LogP contribution is 2.20. The smallest absolute Gasteiger partial charge is 0.130 e. The number of nitrogens with zero attached hydrogens (tertiary/aromatic N) is 2. The summed E-state index contributed by atoms with van der Waals surface area (Å²) in [6, 6.07) is 8.31. The Morgan fingerprint density at radius 1 is 1.44 bits per heavy atom. The van der Waals surface area contributed by atoms with Crippen molar-refractivity contribution in [1.82, 2.24) is 9.55 Å². The van der Waals surface area contributed by atoms with Crippen molar-refractivity contribution >= 4 is 21.6 Å². The van der Waals surface area contributed by atoms with Crippen LogP contribution in [-0.4, -0.2) is 9.55 Å². The summed E-state index contributed by atoms with van der Waals surface area (Å²) < 4.78 is 3.10. The van der Waals surface area contributed by atoms with Crippen LogP contribution in [0.5, 0.6) is 0 Å². The molecule has 1 aromatic heterocycles. The molecule has 1 unspecified atom stereocenters. The van der Waals surface area contributed by atoms with Crippen molar-refractivity contribution in [2.24, 2.45) is 7.05 Å². The third-order valence-electron chi connectivity index (χ3n) is 2.45. The maximum Gasteiger partial charge on any atom is 0.130 e. The van der Waals surface area contributed by atoms with Gasteiger partial charge in [-0.1, -0.05) is 22.0 Å². The third kappa shape index (κ3) is 2.44. The summed E-state index contributed by atoms with van der Waals surface area (Å²) in [7, 11) is 2.00. The van der Waals surface area contributed by atoms with E-state index in [9.17, 15) is 0 Å². The number of imidazole rings is 1. The van der Waals surface area contributed by atoms with Gasteiger partial charge in [-0.25, -0.2) is 4.98 Å². The number of hydrogen-bond donors (Lipinski definition) is 1. The molecule has 84 valence electrons. The minimum absolute atomic E-state index is 0.189. The van der Waals surface area contributed by atoms with Crippen LogP contribution in [0.3, 0.4) is 0 Å². The number of aromatic nitrogens is 2. The average molecular weight is 280 g/mol. The maximum atomic E-state index is 4.32. The summed E-state index contributed by atoms with van der Waals surface area (Å²) in [6.07, 6.45) is 3.77. The highest BCUT2D eigenvalue weighted by atomic mass is 79.9. The van der Waals surface area contributed by atoms with Crippen LogP contribution >= 0.6 is 15.9 Å². The number of halogens is 1. The fourth-order valence-electron chi connectivity index (χ4n) is 1.69. The van der Waals surface area contributed by atoms with E-state index in [1.165, 1.54) is 0 Å². The van der Waals surface area contributed by atoms with Crippen LogP contribution in [-0.2, 0) is 7.05 Å². The summed E-state index contributed by atoms with van der Waals surface area (Å²) in [4.78, 5) is 4.32. The molecule has 1 aromatic carbocycles. The molecule has 2 rings (SSSR count). The summed E-state index contributed by atoms with van der Waals surface area (Å²) in [5, 5.41) is 3.41. The molecule has 2 aromatic rings. The SMILES string of the molecule is CC(Nc1cccc(Br)c1)c1nccn1C. The summed E-state index contributed by atoms with van der Waals surface area (Å²) >= 11 is 3.45. The molecule has 1 atom stereocenters. The van der Waals surface area contributed by atoms with Gasteiger partial charge in [0.25, 0.3) is 0 Å². The van der Waals surface area contributed by atoms with E-state index in [4.69, 9.17) is 0 Å². The van der Waals surface area contributed by atoms with E-state index in [0.29, 0.717) is 0 Å². The van der Waals surface area contributed by atoms with E-state index >= 15 is 0 Å². The van der Waals surface area contributed by atoms with Gasteiger partial charge < -0.3 is 9.88 Å². The van der Waals surface area contributed by atoms with Gasteiger partial charge in [0.15, 0.2) is 0 Å². The van der Waals surface area contributed by atoms with E-state index in [1.807, 2.05) is 42.2 Å². The molecule has 0 radical (unpaired) electrons. The van der Waals surface area contributed by atoms with Crippen molar-refractivity contribution in [2.75, 3.05) is 5.32 Å². The highest BCUT2D eigenvalue weighted by Gasteiger charge is 2.09. The lowest BCUT2D eigenvalue weighted by atomic mass is 10.2. The number of nitrogens with one attached hydrogen (secondary N) is 1. The average Bonchev–Trinajstić information content (AvgIpc) is 2.64. The topological polar surface area (TPSA) is 29.9 Å². The molecule has 0 amide bonds. The Kier molecular flexibility index (Phi) is 3.29. The highest BCUT2D eigenvalue weighted by molar-refractivity contribution is 9.10. The second-order valence-corrected chi connectivity index (χ2v) is 4.69. The van der Waals surface area contributed by atoms with Crippen molar-refractivity contribution in [1.29, 1.82) is 0 Å². The van der Waals surface area contributed by atoms with Gasteiger partial charge >= 0.3 is 0 Å². The molecule has 1 heterocycles. The Labute approximate surface area is 104 Å². The quantitative estimate of drug-likeness (QED) is 0.934. The van der Waals surface area contributed by atoms with Crippen LogP contribution in [0.1, 0.15) is 18.8 Å². The summed E-state index contributed by atoms with van der Waals surface area (Å²) in [6.45, 7) is 2.10. The van der Waals surface area contributed by atoms with Crippen molar-refractivity contribution in [3.63, 3.8) is 0 Å². The van der Waals surface area contributed by atoms with Gasteiger partial charge in [0, 0.05) is 29.6 Å². The molecule has 0 aliphatic heterocycles. The first-order valence-corrected chi connectivity index (χ1v) is 5.95. The van der Waals surface area contributed by atoms with Crippen molar-refractivity contribution < 1.29 is 0 Å². The molecule has 0 bridgehead atoms. The van der Waals surface area contributed by atoms with Crippen LogP contribution in [0.2, 0.25) is 0 Å². The number of benzene rings is 1. The zero-order valence-corrected chi connectivity index (χ0v) is 10.9. The number of aryl methyl sites for hydroxylation is 1. The lowest BCUT2D eigenvalue weighted by Crippen LogP contribution is -2.11. The predicted molar refractivity (Wildman–Crippen MR) is 69.4 cm³/mol. The van der Waals surface area contributed by atoms with Gasteiger partial charge in [0.2, 0.25) is 0 Å². The molecule has 16 heavy (non-hydrogen) atoms. The number of hydrogen-bond acceptors (Lipinski definition) is 2. The second kappa shape index (κ2) is 4.70. The fraction of sp³-hybridized carbons (Fsp3) is 0.250. The minimum Gasteiger partial charge on any atom is -0.375 e. The first-order chi connectivity index (χ1) is 7.66. The van der Waals surface area contributed by atoms with E-state index in [-0.39, 0.29) is 6.04 Å². The molecule has 0 saturated heterocycles. The van der Waals surface area contributed by atoms with Crippen LogP contribution in [0.25, 0.3) is 0 Å². The third-order valence-corrected chi connectivity index (χ3v) is 2.95. The summed E-state index contributed by atoms with van der Waals surface area (Å²) in [5.74, 6) is 1.03. The van der Waals surface area contributed by atoms with Crippen molar-refractivity contribution in [3.8, 4) is 0 Å². The van der Waals surface area contributed by atoms with Crippen molar-refractivity contribution in [2.45, 2.75) is 13.0 Å². The Bertz CT molecular complexity index is 479. The van der Waals surface area contributed by atoms with Gasteiger partial charge in [0.05, 0.1) is 6.04 Å². The van der Waals surface area contributed by atoms with Crippen LogP contribution in [0.15, 0.2) is 41.1 Å². The molecular weight excluding hydrogens is 266 g/mol. The monoisotopic (exact) mass is 279 g/mol. The predicted octanol–water partition coefficient (Wildman–Crippen LogP) is 3.36. The Morgan fingerprint density at radius 3 is 2.88 bits per heavy atom. The molecule has 0 saturated carbocycles. The van der Waals surface area contributed by atoms with Gasteiger partial charge in [-0.15, -0.1) is 0 Å². The molecule has 3 nitrogen and oxygen atoms in total. The van der Waals surface area contributed by atoms with Crippen LogP contribution in [0.4, 0.5) is 5.69 Å². The second-order valence-electron chi connectivity index (χ2n) is 3.77. The van der Waals surface area contributed by atoms with E-state index < -0.39 is 0 Å². The lowest BCUT2D eigenvalue weighted by Gasteiger charge is -2.15. The molecule has 0 fully saturated rings. The van der Waals surface area contributed by atoms with E-state index in [1.54, 1.807) is 0 Å². The van der Waals surface area contributed by atoms with Gasteiger partial charge in [0.1, 0.15) is 5.82 Å². The van der Waals surface area contributed by atoms with E-state index in [2.05, 4.69) is 39.2 Å². The maximum absolute atomic E-state index is 4.32. The fourth-order valence-corrected chi connectivity index (χ4v) is 2.09. The largest absolute Gasteiger partial charge is 0.375 e. The summed E-state index contributed by atoms with van der Waals surface area (Å²) in [5.41, 5.74) is 1.09. The van der Waals surface area contributed by atoms with Crippen molar-refractivity contribution in [3.05, 3.63) is 47.0 Å². The standard InChI is InChI=1S/C12H14BrN3/c1-9(12-14-6-7-16(12)2)15-11-5-3-4-10(13)8-11/h3-9,15H,1-2H3. The van der Waals surface area contributed by atoms with E-state index in [0.717, 1.165) is 16.0 Å². The first-order valence-electron chi connectivity index (χ1n) is 5.16. The normalized spacial score (nSPS) is 12.4. The van der Waals surface area contributed by atoms with Crippen LogP contribution in [0, 0.1) is 0 Å². The van der Waals surface area contributed by atoms with Gasteiger partial charge in [-0.05, 0) is 25.1 Å². The Hall–Kier alpha value is -1.29. The minimum atomic E-state index is 0.189.